The number of rotatable bonds is 6. The van der Waals surface area contributed by atoms with Crippen molar-refractivity contribution in [2.24, 2.45) is 0 Å². The van der Waals surface area contributed by atoms with Gasteiger partial charge in [-0.1, -0.05) is 48.0 Å². The van der Waals surface area contributed by atoms with E-state index >= 15 is 0 Å². The average molecular weight is 399 g/mol. The number of carbonyl (C=O) groups is 1. The Balaban J connectivity index is 2.03. The molecule has 0 aliphatic heterocycles. The minimum absolute atomic E-state index is 0.0991. The van der Waals surface area contributed by atoms with Gasteiger partial charge in [-0.05, 0) is 24.6 Å². The number of aryl methyl sites for hydroxylation is 1. The number of esters is 1. The smallest absolute Gasteiger partial charge is 0.342 e. The predicted molar refractivity (Wildman–Crippen MR) is 106 cm³/mol. The van der Waals surface area contributed by atoms with E-state index in [4.69, 9.17) is 4.74 Å². The molecule has 2 aromatic carbocycles. The number of methoxy groups -OCH3 is 1. The molecule has 146 valence electrons. The Labute approximate surface area is 164 Å². The van der Waals surface area contributed by atoms with Crippen LogP contribution in [0.5, 0.6) is 0 Å². The highest BCUT2D eigenvalue weighted by Gasteiger charge is 2.31. The van der Waals surface area contributed by atoms with E-state index in [1.165, 1.54) is 25.0 Å². The first kappa shape index (κ1) is 19.6. The van der Waals surface area contributed by atoms with E-state index in [1.54, 1.807) is 30.3 Å². The Kier molecular flexibility index (Phi) is 5.51. The number of aromatic nitrogens is 2. The summed E-state index contributed by atoms with van der Waals surface area (Å²) in [7, 11) is -1.43. The summed E-state index contributed by atoms with van der Waals surface area (Å²) in [6, 6.07) is 16.4. The van der Waals surface area contributed by atoms with E-state index < -0.39 is 16.0 Å². The fourth-order valence-corrected chi connectivity index (χ4v) is 4.11. The number of carbonyl (C=O) groups excluding carboxylic acids is 1. The maximum absolute atomic E-state index is 13.1. The quantitative estimate of drug-likeness (QED) is 0.596. The number of hydrogen-bond donors (Lipinski definition) is 0. The molecule has 0 amide bonds. The maximum atomic E-state index is 13.1. The van der Waals surface area contributed by atoms with Gasteiger partial charge in [0.2, 0.25) is 5.03 Å². The second-order valence-electron chi connectivity index (χ2n) is 6.33. The first-order chi connectivity index (χ1) is 13.3. The maximum Gasteiger partial charge on any atom is 0.342 e. The minimum Gasteiger partial charge on any atom is -0.465 e. The zero-order chi connectivity index (χ0) is 20.3. The van der Waals surface area contributed by atoms with Crippen molar-refractivity contribution < 1.29 is 17.9 Å². The van der Waals surface area contributed by atoms with Gasteiger partial charge in [0.25, 0.3) is 10.0 Å². The molecule has 0 aliphatic rings. The van der Waals surface area contributed by atoms with Crippen LogP contribution in [0.1, 0.15) is 21.5 Å². The number of nitrogens with zero attached hydrogens (tertiary/aromatic N) is 3. The highest BCUT2D eigenvalue weighted by molar-refractivity contribution is 7.92. The number of anilines is 1. The number of sulfonamides is 1. The summed E-state index contributed by atoms with van der Waals surface area (Å²) in [5.41, 5.74) is 2.39. The molecule has 3 aromatic rings. The summed E-state index contributed by atoms with van der Waals surface area (Å²) in [5.74, 6) is -0.754. The number of para-hydroxylation sites is 1. The molecule has 0 spiro atoms. The van der Waals surface area contributed by atoms with Crippen LogP contribution < -0.4 is 4.31 Å². The van der Waals surface area contributed by atoms with Gasteiger partial charge >= 0.3 is 5.97 Å². The first-order valence-electron chi connectivity index (χ1n) is 8.58. The summed E-state index contributed by atoms with van der Waals surface area (Å²) < 4.78 is 33.6. The lowest BCUT2D eigenvalue weighted by Gasteiger charge is -2.18. The van der Waals surface area contributed by atoms with Crippen LogP contribution in [0, 0.1) is 6.92 Å². The third-order valence-electron chi connectivity index (χ3n) is 4.28. The molecule has 0 N–H and O–H groups in total. The summed E-state index contributed by atoms with van der Waals surface area (Å²) in [4.78, 5) is 12.2. The topological polar surface area (TPSA) is 81.5 Å². The van der Waals surface area contributed by atoms with Gasteiger partial charge in [0.1, 0.15) is 5.56 Å². The molecule has 0 unspecified atom stereocenters. The van der Waals surface area contributed by atoms with Gasteiger partial charge in [-0.15, -0.1) is 0 Å². The number of benzene rings is 2. The predicted octanol–water partition coefficient (Wildman–Crippen LogP) is 2.85. The summed E-state index contributed by atoms with van der Waals surface area (Å²) in [6.45, 7) is 2.30. The lowest BCUT2D eigenvalue weighted by molar-refractivity contribution is 0.0596. The molecule has 0 saturated carbocycles. The summed E-state index contributed by atoms with van der Waals surface area (Å²) >= 11 is 0. The van der Waals surface area contributed by atoms with Crippen molar-refractivity contribution in [1.29, 1.82) is 0 Å². The van der Waals surface area contributed by atoms with Gasteiger partial charge in [-0.3, -0.25) is 8.99 Å². The molecular weight excluding hydrogens is 378 g/mol. The second-order valence-corrected chi connectivity index (χ2v) is 8.22. The van der Waals surface area contributed by atoms with Crippen LogP contribution >= 0.6 is 0 Å². The molecule has 0 atom stereocenters. The van der Waals surface area contributed by atoms with Gasteiger partial charge in [0.15, 0.2) is 0 Å². The molecule has 0 fully saturated rings. The molecule has 0 aliphatic carbocycles. The molecular formula is C20H21N3O4S. The number of hydrogen-bond acceptors (Lipinski definition) is 5. The van der Waals surface area contributed by atoms with Crippen LogP contribution in [-0.2, 0) is 21.3 Å². The van der Waals surface area contributed by atoms with Crippen LogP contribution in [0.3, 0.4) is 0 Å². The zero-order valence-corrected chi connectivity index (χ0v) is 16.7. The van der Waals surface area contributed by atoms with E-state index in [0.29, 0.717) is 12.2 Å². The fourth-order valence-electron chi connectivity index (χ4n) is 2.83. The Hall–Kier alpha value is -3.13. The molecule has 0 bridgehead atoms. The Morgan fingerprint density at radius 3 is 2.50 bits per heavy atom. The Morgan fingerprint density at radius 1 is 1.14 bits per heavy atom. The van der Waals surface area contributed by atoms with Crippen molar-refractivity contribution in [1.82, 2.24) is 9.78 Å². The van der Waals surface area contributed by atoms with Crippen LogP contribution in [-0.4, -0.2) is 38.3 Å². The fraction of sp³-hybridized carbons (Fsp3) is 0.200. The standard InChI is InChI=1S/C20H21N3O4S/c1-15-8-7-9-16(12-15)13-23-14-18(20(24)27-3)19(21-23)28(25,26)22(2)17-10-5-4-6-11-17/h4-12,14H,13H2,1-3H3. The van der Waals surface area contributed by atoms with Crippen LogP contribution in [0.25, 0.3) is 0 Å². The van der Waals surface area contributed by atoms with Gasteiger partial charge in [0.05, 0.1) is 19.3 Å². The highest BCUT2D eigenvalue weighted by Crippen LogP contribution is 2.24. The van der Waals surface area contributed by atoms with Gasteiger partial charge in [0, 0.05) is 13.2 Å². The van der Waals surface area contributed by atoms with Crippen molar-refractivity contribution in [3.8, 4) is 0 Å². The summed E-state index contributed by atoms with van der Waals surface area (Å²) in [5, 5.41) is 3.87. The van der Waals surface area contributed by atoms with Crippen molar-refractivity contribution in [2.45, 2.75) is 18.5 Å². The monoisotopic (exact) mass is 399 g/mol. The van der Waals surface area contributed by atoms with Crippen LogP contribution in [0.4, 0.5) is 5.69 Å². The Bertz CT molecular complexity index is 1090. The molecule has 7 nitrogen and oxygen atoms in total. The van der Waals surface area contributed by atoms with Crippen LogP contribution in [0.2, 0.25) is 0 Å². The molecule has 1 heterocycles. The van der Waals surface area contributed by atoms with Crippen molar-refractivity contribution in [3.63, 3.8) is 0 Å². The molecule has 0 radical (unpaired) electrons. The van der Waals surface area contributed by atoms with Crippen LogP contribution in [0.15, 0.2) is 65.8 Å². The Morgan fingerprint density at radius 2 is 1.86 bits per heavy atom. The van der Waals surface area contributed by atoms with E-state index in [1.807, 2.05) is 31.2 Å². The largest absolute Gasteiger partial charge is 0.465 e. The minimum atomic E-state index is -4.06. The van der Waals surface area contributed by atoms with Crippen molar-refractivity contribution in [2.75, 3.05) is 18.5 Å². The molecule has 8 heteroatoms. The zero-order valence-electron chi connectivity index (χ0n) is 15.9. The second kappa shape index (κ2) is 7.85. The van der Waals surface area contributed by atoms with Gasteiger partial charge in [-0.2, -0.15) is 13.5 Å². The average Bonchev–Trinajstić information content (AvgIpc) is 3.12. The van der Waals surface area contributed by atoms with Crippen molar-refractivity contribution in [3.05, 3.63) is 77.5 Å². The normalized spacial score (nSPS) is 11.2. The highest BCUT2D eigenvalue weighted by atomic mass is 32.2. The molecule has 1 aromatic heterocycles. The van der Waals surface area contributed by atoms with E-state index in [2.05, 4.69) is 5.10 Å². The molecule has 3 rings (SSSR count). The van der Waals surface area contributed by atoms with E-state index in [-0.39, 0.29) is 10.6 Å². The SMILES string of the molecule is COC(=O)c1cn(Cc2cccc(C)c2)nc1S(=O)(=O)N(C)c1ccccc1. The third kappa shape index (κ3) is 3.91. The third-order valence-corrected chi connectivity index (χ3v) is 6.01. The lowest BCUT2D eigenvalue weighted by atomic mass is 10.1. The lowest BCUT2D eigenvalue weighted by Crippen LogP contribution is -2.28. The molecule has 28 heavy (non-hydrogen) atoms. The van der Waals surface area contributed by atoms with Gasteiger partial charge < -0.3 is 4.74 Å². The van der Waals surface area contributed by atoms with E-state index in [9.17, 15) is 13.2 Å². The number of ether oxygens (including phenoxy) is 1. The van der Waals surface area contributed by atoms with E-state index in [0.717, 1.165) is 15.4 Å². The summed E-state index contributed by atoms with van der Waals surface area (Å²) in [6.07, 6.45) is 1.40. The first-order valence-corrected chi connectivity index (χ1v) is 10.0. The van der Waals surface area contributed by atoms with Crippen molar-refractivity contribution >= 4 is 21.7 Å². The molecule has 0 saturated heterocycles. The van der Waals surface area contributed by atoms with Gasteiger partial charge in [-0.25, -0.2) is 4.79 Å².